The second-order valence-electron chi connectivity index (χ2n) is 6.52. The van der Waals surface area contributed by atoms with Gasteiger partial charge in [-0.1, -0.05) is 38.1 Å². The van der Waals surface area contributed by atoms with Gasteiger partial charge in [0, 0.05) is 18.4 Å². The number of methoxy groups -OCH3 is 2. The van der Waals surface area contributed by atoms with E-state index in [0.717, 1.165) is 23.3 Å². The third-order valence-electron chi connectivity index (χ3n) is 4.96. The molecule has 1 aliphatic heterocycles. The second kappa shape index (κ2) is 8.25. The summed E-state index contributed by atoms with van der Waals surface area (Å²) in [6, 6.07) is 14.1. The summed E-state index contributed by atoms with van der Waals surface area (Å²) < 4.78 is 10.7. The number of benzene rings is 2. The maximum Gasteiger partial charge on any atom is 0.242 e. The number of hydrazone groups is 1. The number of carbonyl (C=O) groups is 1. The Balaban J connectivity index is 1.94. The Kier molecular flexibility index (Phi) is 5.79. The molecule has 2 aromatic rings. The lowest BCUT2D eigenvalue weighted by Crippen LogP contribution is -2.26. The molecule has 1 heterocycles. The van der Waals surface area contributed by atoms with Crippen molar-refractivity contribution >= 4 is 11.6 Å². The number of amides is 1. The Hall–Kier alpha value is -2.82. The van der Waals surface area contributed by atoms with Gasteiger partial charge in [-0.25, -0.2) is 5.01 Å². The van der Waals surface area contributed by atoms with E-state index in [1.807, 2.05) is 25.1 Å². The summed E-state index contributed by atoms with van der Waals surface area (Å²) in [5.41, 5.74) is 4.20. The predicted molar refractivity (Wildman–Crippen MR) is 106 cm³/mol. The SMILES string of the molecule is CCC(=O)N1N=C(c2ccc(OC)c(OC)c2)C[C@@H]1c1ccc(CC)cc1. The van der Waals surface area contributed by atoms with Gasteiger partial charge in [0.05, 0.1) is 26.0 Å². The summed E-state index contributed by atoms with van der Waals surface area (Å²) in [6.07, 6.45) is 2.09. The van der Waals surface area contributed by atoms with E-state index in [-0.39, 0.29) is 11.9 Å². The highest BCUT2D eigenvalue weighted by Gasteiger charge is 2.32. The normalized spacial score (nSPS) is 16.2. The van der Waals surface area contributed by atoms with E-state index in [9.17, 15) is 4.79 Å². The number of rotatable bonds is 6. The first-order chi connectivity index (χ1) is 13.1. The smallest absolute Gasteiger partial charge is 0.242 e. The first-order valence-electron chi connectivity index (χ1n) is 9.32. The van der Waals surface area contributed by atoms with Crippen LogP contribution in [0, 0.1) is 0 Å². The van der Waals surface area contributed by atoms with Crippen LogP contribution in [0.5, 0.6) is 11.5 Å². The van der Waals surface area contributed by atoms with E-state index >= 15 is 0 Å². The number of nitrogens with zero attached hydrogens (tertiary/aromatic N) is 2. The molecule has 0 saturated heterocycles. The average molecular weight is 366 g/mol. The topological polar surface area (TPSA) is 51.1 Å². The molecule has 0 unspecified atom stereocenters. The molecule has 142 valence electrons. The van der Waals surface area contributed by atoms with Gasteiger partial charge >= 0.3 is 0 Å². The Labute approximate surface area is 160 Å². The van der Waals surface area contributed by atoms with E-state index in [0.29, 0.717) is 24.3 Å². The molecule has 27 heavy (non-hydrogen) atoms. The molecular weight excluding hydrogens is 340 g/mol. The summed E-state index contributed by atoms with van der Waals surface area (Å²) in [5.74, 6) is 1.35. The number of ether oxygens (including phenoxy) is 2. The van der Waals surface area contributed by atoms with Crippen molar-refractivity contribution < 1.29 is 14.3 Å². The minimum atomic E-state index is -0.0774. The van der Waals surface area contributed by atoms with Gasteiger partial charge in [0.1, 0.15) is 0 Å². The summed E-state index contributed by atoms with van der Waals surface area (Å²) in [6.45, 7) is 4.00. The van der Waals surface area contributed by atoms with Crippen LogP contribution in [-0.2, 0) is 11.2 Å². The van der Waals surface area contributed by atoms with E-state index < -0.39 is 0 Å². The fourth-order valence-corrected chi connectivity index (χ4v) is 3.33. The van der Waals surface area contributed by atoms with Gasteiger partial charge in [0.15, 0.2) is 11.5 Å². The van der Waals surface area contributed by atoms with Crippen molar-refractivity contribution in [2.75, 3.05) is 14.2 Å². The summed E-state index contributed by atoms with van der Waals surface area (Å²) in [5, 5.41) is 6.30. The summed E-state index contributed by atoms with van der Waals surface area (Å²) >= 11 is 0. The molecule has 0 aromatic heterocycles. The highest BCUT2D eigenvalue weighted by atomic mass is 16.5. The van der Waals surface area contributed by atoms with Crippen LogP contribution < -0.4 is 9.47 Å². The molecule has 1 amide bonds. The van der Waals surface area contributed by atoms with Gasteiger partial charge in [0.2, 0.25) is 5.91 Å². The molecule has 0 radical (unpaired) electrons. The van der Waals surface area contributed by atoms with Crippen LogP contribution in [0.25, 0.3) is 0 Å². The Morgan fingerprint density at radius 1 is 1.07 bits per heavy atom. The maximum absolute atomic E-state index is 12.5. The van der Waals surface area contributed by atoms with Crippen LogP contribution in [-0.4, -0.2) is 30.8 Å². The van der Waals surface area contributed by atoms with Crippen LogP contribution in [0.3, 0.4) is 0 Å². The first kappa shape index (κ1) is 19.0. The van der Waals surface area contributed by atoms with Gasteiger partial charge in [0.25, 0.3) is 0 Å². The fourth-order valence-electron chi connectivity index (χ4n) is 3.33. The van der Waals surface area contributed by atoms with Crippen molar-refractivity contribution in [1.29, 1.82) is 0 Å². The van der Waals surface area contributed by atoms with Crippen molar-refractivity contribution in [3.05, 3.63) is 59.2 Å². The first-order valence-corrected chi connectivity index (χ1v) is 9.32. The van der Waals surface area contributed by atoms with Crippen molar-refractivity contribution in [3.63, 3.8) is 0 Å². The van der Waals surface area contributed by atoms with Crippen molar-refractivity contribution in [2.45, 2.75) is 39.2 Å². The zero-order valence-electron chi connectivity index (χ0n) is 16.4. The third-order valence-corrected chi connectivity index (χ3v) is 4.96. The molecule has 0 saturated carbocycles. The van der Waals surface area contributed by atoms with Crippen LogP contribution in [0.4, 0.5) is 0 Å². The van der Waals surface area contributed by atoms with Crippen LogP contribution in [0.15, 0.2) is 47.6 Å². The molecule has 5 nitrogen and oxygen atoms in total. The zero-order valence-corrected chi connectivity index (χ0v) is 16.4. The number of hydrogen-bond donors (Lipinski definition) is 0. The van der Waals surface area contributed by atoms with Gasteiger partial charge in [-0.05, 0) is 35.7 Å². The lowest BCUT2D eigenvalue weighted by molar-refractivity contribution is -0.132. The quantitative estimate of drug-likeness (QED) is 0.763. The van der Waals surface area contributed by atoms with E-state index in [4.69, 9.17) is 9.47 Å². The van der Waals surface area contributed by atoms with Crippen LogP contribution in [0.2, 0.25) is 0 Å². The monoisotopic (exact) mass is 366 g/mol. The molecule has 1 aliphatic rings. The van der Waals surface area contributed by atoms with Gasteiger partial charge in [-0.15, -0.1) is 0 Å². The van der Waals surface area contributed by atoms with Crippen molar-refractivity contribution in [1.82, 2.24) is 5.01 Å². The molecule has 0 fully saturated rings. The van der Waals surface area contributed by atoms with E-state index in [1.54, 1.807) is 19.2 Å². The highest BCUT2D eigenvalue weighted by Crippen LogP contribution is 2.35. The van der Waals surface area contributed by atoms with E-state index in [1.165, 1.54) is 5.56 Å². The lowest BCUT2D eigenvalue weighted by atomic mass is 9.97. The number of hydrogen-bond acceptors (Lipinski definition) is 4. The Morgan fingerprint density at radius 2 is 1.78 bits per heavy atom. The van der Waals surface area contributed by atoms with Crippen LogP contribution >= 0.6 is 0 Å². The fraction of sp³-hybridized carbons (Fsp3) is 0.364. The molecular formula is C22H26N2O3. The standard InChI is InChI=1S/C22H26N2O3/c1-5-15-7-9-16(10-8-15)19-14-18(23-24(19)22(25)6-2)17-11-12-20(26-3)21(13-17)27-4/h7-13,19H,5-6,14H2,1-4H3/t19-/m1/s1. The molecule has 2 aromatic carbocycles. The van der Waals surface area contributed by atoms with Gasteiger partial charge < -0.3 is 9.47 Å². The van der Waals surface area contributed by atoms with Crippen molar-refractivity contribution in [2.24, 2.45) is 5.10 Å². The molecule has 5 heteroatoms. The van der Waals surface area contributed by atoms with Crippen molar-refractivity contribution in [3.8, 4) is 11.5 Å². The van der Waals surface area contributed by atoms with E-state index in [2.05, 4.69) is 36.3 Å². The number of aryl methyl sites for hydroxylation is 1. The summed E-state index contributed by atoms with van der Waals surface area (Å²) in [7, 11) is 3.23. The third kappa shape index (κ3) is 3.82. The number of carbonyl (C=O) groups excluding carboxylic acids is 1. The minimum Gasteiger partial charge on any atom is -0.493 e. The van der Waals surface area contributed by atoms with Gasteiger partial charge in [-0.2, -0.15) is 5.10 Å². The molecule has 1 atom stereocenters. The predicted octanol–water partition coefficient (Wildman–Crippen LogP) is 4.35. The summed E-state index contributed by atoms with van der Waals surface area (Å²) in [4.78, 5) is 12.5. The minimum absolute atomic E-state index is 0.0232. The molecule has 0 spiro atoms. The average Bonchev–Trinajstić information content (AvgIpc) is 3.18. The molecule has 0 bridgehead atoms. The lowest BCUT2D eigenvalue weighted by Gasteiger charge is -2.21. The largest absolute Gasteiger partial charge is 0.493 e. The maximum atomic E-state index is 12.5. The van der Waals surface area contributed by atoms with Gasteiger partial charge in [-0.3, -0.25) is 4.79 Å². The Bertz CT molecular complexity index is 843. The highest BCUT2D eigenvalue weighted by molar-refractivity contribution is 6.03. The molecule has 0 N–H and O–H groups in total. The van der Waals surface area contributed by atoms with Crippen LogP contribution in [0.1, 0.15) is 49.4 Å². The second-order valence-corrected chi connectivity index (χ2v) is 6.52. The zero-order chi connectivity index (χ0) is 19.4. The molecule has 0 aliphatic carbocycles. The molecule has 3 rings (SSSR count). The Morgan fingerprint density at radius 3 is 2.37 bits per heavy atom.